The molecule has 0 fully saturated rings. The first-order chi connectivity index (χ1) is 24.9. The predicted octanol–water partition coefficient (Wildman–Crippen LogP) is 13.3. The number of rotatable bonds is 6. The summed E-state index contributed by atoms with van der Waals surface area (Å²) in [6, 6.07) is 60.9. The number of allylic oxidation sites excluding steroid dienone is 4. The van der Waals surface area contributed by atoms with Crippen molar-refractivity contribution in [3.63, 3.8) is 0 Å². The third-order valence-corrected chi connectivity index (χ3v) is 11.4. The number of benzene rings is 7. The van der Waals surface area contributed by atoms with Crippen LogP contribution < -0.4 is 4.90 Å². The van der Waals surface area contributed by atoms with Crippen LogP contribution in [-0.4, -0.2) is 0 Å². The molecule has 0 saturated heterocycles. The summed E-state index contributed by atoms with van der Waals surface area (Å²) < 4.78 is 0. The molecule has 0 aliphatic heterocycles. The SMILES string of the molecule is C/C=C\C1=C(C)c2ccc(N(c3ccc4c(c3)C(c3ccccc3)(c3ccccc3)c3ccccc3-4)c3ccc4ccccc4c3)cc2C1(C)C. The molecule has 0 radical (unpaired) electrons. The third kappa shape index (κ3) is 4.61. The molecule has 0 N–H and O–H groups in total. The molecule has 2 aliphatic carbocycles. The minimum atomic E-state index is -0.470. The van der Waals surface area contributed by atoms with E-state index in [1.807, 2.05) is 0 Å². The number of hydrogen-bond acceptors (Lipinski definition) is 1. The fourth-order valence-corrected chi connectivity index (χ4v) is 9.11. The maximum atomic E-state index is 2.47. The smallest absolute Gasteiger partial charge is 0.0714 e. The highest BCUT2D eigenvalue weighted by atomic mass is 15.1. The molecule has 0 spiro atoms. The number of fused-ring (bicyclic) bond motifs is 5. The van der Waals surface area contributed by atoms with Gasteiger partial charge in [0.05, 0.1) is 5.41 Å². The largest absolute Gasteiger partial charge is 0.310 e. The molecule has 0 heterocycles. The fraction of sp³-hybridized carbons (Fsp3) is 0.120. The molecule has 246 valence electrons. The zero-order valence-corrected chi connectivity index (χ0v) is 29.7. The van der Waals surface area contributed by atoms with E-state index in [2.05, 4.69) is 209 Å². The van der Waals surface area contributed by atoms with Crippen LogP contribution in [-0.2, 0) is 10.8 Å². The van der Waals surface area contributed by atoms with Crippen LogP contribution in [0, 0.1) is 0 Å². The zero-order valence-electron chi connectivity index (χ0n) is 29.7. The molecular formula is C50H41N. The van der Waals surface area contributed by atoms with Gasteiger partial charge < -0.3 is 4.90 Å². The second-order valence-corrected chi connectivity index (χ2v) is 14.5. The molecule has 0 amide bonds. The van der Waals surface area contributed by atoms with Gasteiger partial charge in [0, 0.05) is 22.5 Å². The Balaban J connectivity index is 1.32. The van der Waals surface area contributed by atoms with E-state index in [1.54, 1.807) is 0 Å². The Morgan fingerprint density at radius 1 is 0.471 bits per heavy atom. The first-order valence-corrected chi connectivity index (χ1v) is 18.1. The van der Waals surface area contributed by atoms with Crippen molar-refractivity contribution in [3.8, 4) is 11.1 Å². The molecule has 7 aromatic rings. The lowest BCUT2D eigenvalue weighted by molar-refractivity contribution is 0.654. The van der Waals surface area contributed by atoms with Gasteiger partial charge in [-0.1, -0.05) is 153 Å². The van der Waals surface area contributed by atoms with Crippen LogP contribution in [0.3, 0.4) is 0 Å². The summed E-state index contributed by atoms with van der Waals surface area (Å²) >= 11 is 0. The van der Waals surface area contributed by atoms with Crippen LogP contribution in [0.5, 0.6) is 0 Å². The van der Waals surface area contributed by atoms with Gasteiger partial charge in [-0.05, 0) is 117 Å². The normalized spacial score (nSPS) is 15.2. The highest BCUT2D eigenvalue weighted by Crippen LogP contribution is 2.57. The Kier molecular flexibility index (Phi) is 7.22. The maximum absolute atomic E-state index is 2.47. The molecule has 7 aromatic carbocycles. The summed E-state index contributed by atoms with van der Waals surface area (Å²) in [5, 5.41) is 2.47. The summed E-state index contributed by atoms with van der Waals surface area (Å²) in [5.74, 6) is 0. The second-order valence-electron chi connectivity index (χ2n) is 14.5. The van der Waals surface area contributed by atoms with Crippen LogP contribution in [0.25, 0.3) is 27.5 Å². The quantitative estimate of drug-likeness (QED) is 0.172. The lowest BCUT2D eigenvalue weighted by atomic mass is 9.67. The Hall–Kier alpha value is -5.92. The Morgan fingerprint density at radius 2 is 1.00 bits per heavy atom. The van der Waals surface area contributed by atoms with Crippen LogP contribution in [0.4, 0.5) is 17.1 Å². The first kappa shape index (κ1) is 31.1. The van der Waals surface area contributed by atoms with E-state index < -0.39 is 5.41 Å². The summed E-state index contributed by atoms with van der Waals surface area (Å²) in [7, 11) is 0. The van der Waals surface area contributed by atoms with Gasteiger partial charge in [0.1, 0.15) is 0 Å². The van der Waals surface area contributed by atoms with E-state index in [0.29, 0.717) is 0 Å². The van der Waals surface area contributed by atoms with Crippen LogP contribution in [0.1, 0.15) is 61.1 Å². The lowest BCUT2D eigenvalue weighted by Gasteiger charge is -2.35. The number of nitrogens with zero attached hydrogens (tertiary/aromatic N) is 1. The van der Waals surface area contributed by atoms with Gasteiger partial charge in [0.15, 0.2) is 0 Å². The van der Waals surface area contributed by atoms with E-state index >= 15 is 0 Å². The average molecular weight is 656 g/mol. The Labute approximate surface area is 301 Å². The molecule has 0 bridgehead atoms. The molecular weight excluding hydrogens is 615 g/mol. The summed E-state index contributed by atoms with van der Waals surface area (Å²) in [6.45, 7) is 9.11. The van der Waals surface area contributed by atoms with Gasteiger partial charge in [-0.3, -0.25) is 0 Å². The molecule has 1 heteroatoms. The van der Waals surface area contributed by atoms with E-state index in [4.69, 9.17) is 0 Å². The van der Waals surface area contributed by atoms with E-state index in [1.165, 1.54) is 66.4 Å². The molecule has 0 unspecified atom stereocenters. The average Bonchev–Trinajstić information content (AvgIpc) is 3.57. The first-order valence-electron chi connectivity index (χ1n) is 18.1. The monoisotopic (exact) mass is 655 g/mol. The predicted molar refractivity (Wildman–Crippen MR) is 216 cm³/mol. The summed E-state index contributed by atoms with van der Waals surface area (Å²) in [4.78, 5) is 2.47. The van der Waals surface area contributed by atoms with Crippen molar-refractivity contribution in [1.29, 1.82) is 0 Å². The van der Waals surface area contributed by atoms with E-state index in [0.717, 1.165) is 17.1 Å². The summed E-state index contributed by atoms with van der Waals surface area (Å²) in [5.41, 5.74) is 16.1. The summed E-state index contributed by atoms with van der Waals surface area (Å²) in [6.07, 6.45) is 4.46. The molecule has 0 atom stereocenters. The molecule has 2 aliphatic rings. The van der Waals surface area contributed by atoms with Gasteiger partial charge in [-0.25, -0.2) is 0 Å². The van der Waals surface area contributed by atoms with Crippen LogP contribution in [0.2, 0.25) is 0 Å². The van der Waals surface area contributed by atoms with E-state index in [-0.39, 0.29) is 5.41 Å². The number of anilines is 3. The minimum Gasteiger partial charge on any atom is -0.310 e. The zero-order chi connectivity index (χ0) is 34.7. The molecule has 51 heavy (non-hydrogen) atoms. The van der Waals surface area contributed by atoms with Crippen molar-refractivity contribution >= 4 is 33.4 Å². The van der Waals surface area contributed by atoms with Crippen molar-refractivity contribution in [2.45, 2.75) is 38.5 Å². The third-order valence-electron chi connectivity index (χ3n) is 11.4. The van der Waals surface area contributed by atoms with Crippen molar-refractivity contribution in [1.82, 2.24) is 0 Å². The van der Waals surface area contributed by atoms with Gasteiger partial charge in [-0.2, -0.15) is 0 Å². The van der Waals surface area contributed by atoms with Crippen LogP contribution in [0.15, 0.2) is 182 Å². The van der Waals surface area contributed by atoms with E-state index in [9.17, 15) is 0 Å². The molecule has 1 nitrogen and oxygen atoms in total. The van der Waals surface area contributed by atoms with Crippen molar-refractivity contribution < 1.29 is 0 Å². The second kappa shape index (κ2) is 11.9. The maximum Gasteiger partial charge on any atom is 0.0714 e. The topological polar surface area (TPSA) is 3.24 Å². The van der Waals surface area contributed by atoms with Gasteiger partial charge in [-0.15, -0.1) is 0 Å². The van der Waals surface area contributed by atoms with Gasteiger partial charge in [0.25, 0.3) is 0 Å². The molecule has 9 rings (SSSR count). The van der Waals surface area contributed by atoms with Crippen molar-refractivity contribution in [2.24, 2.45) is 0 Å². The highest BCUT2D eigenvalue weighted by molar-refractivity contribution is 5.93. The van der Waals surface area contributed by atoms with Gasteiger partial charge >= 0.3 is 0 Å². The lowest BCUT2D eigenvalue weighted by Crippen LogP contribution is -2.28. The van der Waals surface area contributed by atoms with Crippen molar-refractivity contribution in [3.05, 3.63) is 215 Å². The fourth-order valence-electron chi connectivity index (χ4n) is 9.11. The minimum absolute atomic E-state index is 0.105. The van der Waals surface area contributed by atoms with Crippen molar-refractivity contribution in [2.75, 3.05) is 4.90 Å². The molecule has 0 aromatic heterocycles. The molecule has 0 saturated carbocycles. The highest BCUT2D eigenvalue weighted by Gasteiger charge is 2.46. The number of hydrogen-bond donors (Lipinski definition) is 0. The van der Waals surface area contributed by atoms with Crippen LogP contribution >= 0.6 is 0 Å². The standard InChI is InChI=1S/C50H41N/c1-5-16-45-34(2)42-29-27-40(32-47(42)49(45,3)4)51(39-26-25-35-17-12-13-18-36(35)31-39)41-28-30-44-43-23-14-15-24-46(43)50(48(44)33-41,37-19-8-6-9-20-37)38-21-10-7-11-22-38/h5-33H,1-4H3/b16-5-. The Bertz CT molecular complexity index is 2480. The Morgan fingerprint density at radius 3 is 1.69 bits per heavy atom. The van der Waals surface area contributed by atoms with Gasteiger partial charge in [0.2, 0.25) is 0 Å².